The van der Waals surface area contributed by atoms with E-state index in [1.807, 2.05) is 13.8 Å². The van der Waals surface area contributed by atoms with Crippen LogP contribution in [0, 0.1) is 23.2 Å². The maximum Gasteiger partial charge on any atom is 0.225 e. The van der Waals surface area contributed by atoms with E-state index >= 15 is 0 Å². The van der Waals surface area contributed by atoms with Crippen molar-refractivity contribution in [2.24, 2.45) is 23.2 Å². The van der Waals surface area contributed by atoms with Crippen molar-refractivity contribution >= 4 is 9.84 Å². The molecule has 194 valence electrons. The van der Waals surface area contributed by atoms with Crippen LogP contribution in [0.5, 0.6) is 0 Å². The molecule has 4 aliphatic rings. The molecule has 0 aromatic heterocycles. The first-order valence-electron chi connectivity index (χ1n) is 13.1. The number of hydrogen-bond donors (Lipinski definition) is 3. The van der Waals surface area contributed by atoms with E-state index < -0.39 is 38.4 Å². The van der Waals surface area contributed by atoms with Gasteiger partial charge in [-0.1, -0.05) is 38.3 Å². The highest BCUT2D eigenvalue weighted by Gasteiger charge is 2.54. The van der Waals surface area contributed by atoms with Gasteiger partial charge in [-0.25, -0.2) is 12.8 Å². The van der Waals surface area contributed by atoms with Crippen LogP contribution in [0.25, 0.3) is 0 Å². The van der Waals surface area contributed by atoms with Gasteiger partial charge in [0.15, 0.2) is 9.84 Å². The molecule has 1 aliphatic heterocycles. The van der Waals surface area contributed by atoms with Gasteiger partial charge in [0.2, 0.25) is 5.50 Å². The number of halogens is 1. The summed E-state index contributed by atoms with van der Waals surface area (Å²) in [6.07, 6.45) is 7.75. The van der Waals surface area contributed by atoms with Gasteiger partial charge in [-0.3, -0.25) is 0 Å². The molecule has 3 N–H and O–H groups in total. The van der Waals surface area contributed by atoms with E-state index in [4.69, 9.17) is 0 Å². The van der Waals surface area contributed by atoms with Crippen molar-refractivity contribution in [1.82, 2.24) is 0 Å². The molecule has 3 aliphatic carbocycles. The molecule has 0 spiro atoms. The van der Waals surface area contributed by atoms with E-state index in [9.17, 15) is 28.1 Å². The van der Waals surface area contributed by atoms with E-state index in [-0.39, 0.29) is 23.8 Å². The van der Waals surface area contributed by atoms with Gasteiger partial charge >= 0.3 is 0 Å². The number of rotatable bonds is 6. The molecule has 2 saturated carbocycles. The zero-order chi connectivity index (χ0) is 25.1. The van der Waals surface area contributed by atoms with Crippen molar-refractivity contribution in [2.75, 3.05) is 0 Å². The van der Waals surface area contributed by atoms with E-state index in [1.54, 1.807) is 6.08 Å². The zero-order valence-electron chi connectivity index (χ0n) is 21.1. The summed E-state index contributed by atoms with van der Waals surface area (Å²) in [6, 6.07) is 0. The van der Waals surface area contributed by atoms with Crippen molar-refractivity contribution < 1.29 is 28.1 Å². The van der Waals surface area contributed by atoms with Crippen LogP contribution in [-0.2, 0) is 9.84 Å². The number of aliphatic hydroxyl groups excluding tert-OH is 2. The Morgan fingerprint density at radius 1 is 1.26 bits per heavy atom. The second kappa shape index (κ2) is 9.28. The Hall–Kier alpha value is -0.760. The predicted molar refractivity (Wildman–Crippen MR) is 131 cm³/mol. The third kappa shape index (κ3) is 4.67. The second-order valence-corrected chi connectivity index (χ2v) is 14.5. The smallest absolute Gasteiger partial charge is 0.225 e. The molecule has 0 aromatic carbocycles. The molecule has 0 unspecified atom stereocenters. The zero-order valence-corrected chi connectivity index (χ0v) is 22.0. The highest BCUT2D eigenvalue weighted by atomic mass is 32.2. The molecular formula is C27H43FO5S. The number of sulfone groups is 1. The van der Waals surface area contributed by atoms with Crippen molar-refractivity contribution in [3.8, 4) is 0 Å². The maximum absolute atomic E-state index is 15.0. The Kier molecular flexibility index (Phi) is 7.18. The molecule has 34 heavy (non-hydrogen) atoms. The Labute approximate surface area is 204 Å². The summed E-state index contributed by atoms with van der Waals surface area (Å²) in [5.41, 5.74) is -1.22. The molecule has 0 bridgehead atoms. The summed E-state index contributed by atoms with van der Waals surface area (Å²) in [5.74, 6) is 1.37. The van der Waals surface area contributed by atoms with Crippen LogP contribution >= 0.6 is 0 Å². The number of alkyl halides is 1. The Balaban J connectivity index is 1.58. The topological polar surface area (TPSA) is 94.8 Å². The normalized spacial score (nSPS) is 42.1. The predicted octanol–water partition coefficient (Wildman–Crippen LogP) is 4.61. The van der Waals surface area contributed by atoms with Crippen molar-refractivity contribution in [2.45, 2.75) is 120 Å². The number of fused-ring (bicyclic) bond motifs is 1. The van der Waals surface area contributed by atoms with Crippen LogP contribution < -0.4 is 0 Å². The fraction of sp³-hybridized carbons (Fsp3) is 0.852. The lowest BCUT2D eigenvalue weighted by molar-refractivity contribution is 0.0596. The third-order valence-electron chi connectivity index (χ3n) is 9.45. The molecule has 1 heterocycles. The van der Waals surface area contributed by atoms with Crippen LogP contribution in [0.3, 0.4) is 0 Å². The van der Waals surface area contributed by atoms with Gasteiger partial charge in [-0.15, -0.1) is 0 Å². The Bertz CT molecular complexity index is 949. The molecule has 0 radical (unpaired) electrons. The number of aliphatic hydroxyl groups is 3. The first-order chi connectivity index (χ1) is 15.8. The fourth-order valence-corrected chi connectivity index (χ4v) is 9.71. The first kappa shape index (κ1) is 26.3. The van der Waals surface area contributed by atoms with E-state index in [0.29, 0.717) is 23.3 Å². The summed E-state index contributed by atoms with van der Waals surface area (Å²) in [6.45, 7) is 8.38. The Morgan fingerprint density at radius 3 is 2.65 bits per heavy atom. The maximum atomic E-state index is 15.0. The summed E-state index contributed by atoms with van der Waals surface area (Å²) in [7, 11) is -4.12. The highest BCUT2D eigenvalue weighted by Crippen LogP contribution is 2.60. The largest absolute Gasteiger partial charge is 0.393 e. The van der Waals surface area contributed by atoms with E-state index in [1.165, 1.54) is 0 Å². The summed E-state index contributed by atoms with van der Waals surface area (Å²) >= 11 is 0. The summed E-state index contributed by atoms with van der Waals surface area (Å²) in [4.78, 5) is 0. The third-order valence-corrected chi connectivity index (χ3v) is 11.4. The number of hydrogen-bond acceptors (Lipinski definition) is 5. The SMILES string of the molecule is C[C@H](CCCC(C)(C)O)[C@H]1CC[C@H]2/C(=C/[C@H]3C4=C([C@@H](O)C[C@H](O)C4)[C@H](F)S3(=O)=O)CCC[C@]12C. The van der Waals surface area contributed by atoms with Gasteiger partial charge in [0, 0.05) is 12.0 Å². The molecule has 2 fully saturated rings. The average Bonchev–Trinajstić information content (AvgIpc) is 3.15. The molecule has 0 aromatic rings. The van der Waals surface area contributed by atoms with Crippen LogP contribution in [0.4, 0.5) is 4.39 Å². The Morgan fingerprint density at radius 2 is 1.97 bits per heavy atom. The second-order valence-electron chi connectivity index (χ2n) is 12.4. The molecule has 4 rings (SSSR count). The van der Waals surface area contributed by atoms with Crippen LogP contribution in [0.1, 0.15) is 91.9 Å². The average molecular weight is 499 g/mol. The van der Waals surface area contributed by atoms with Crippen LogP contribution in [0.2, 0.25) is 0 Å². The summed E-state index contributed by atoms with van der Waals surface area (Å²) in [5, 5.41) is 29.5. The fourth-order valence-electron chi connectivity index (χ4n) is 7.80. The summed E-state index contributed by atoms with van der Waals surface area (Å²) < 4.78 is 41.1. The lowest BCUT2D eigenvalue weighted by Crippen LogP contribution is -2.36. The molecule has 0 saturated heterocycles. The van der Waals surface area contributed by atoms with Gasteiger partial charge in [0.1, 0.15) is 5.25 Å². The van der Waals surface area contributed by atoms with Crippen LogP contribution in [0.15, 0.2) is 22.8 Å². The first-order valence-corrected chi connectivity index (χ1v) is 14.8. The van der Waals surface area contributed by atoms with Crippen molar-refractivity contribution in [3.63, 3.8) is 0 Å². The minimum absolute atomic E-state index is 0.00814. The minimum Gasteiger partial charge on any atom is -0.393 e. The lowest BCUT2D eigenvalue weighted by Gasteiger charge is -2.44. The molecule has 0 amide bonds. The van der Waals surface area contributed by atoms with E-state index in [2.05, 4.69) is 13.8 Å². The lowest BCUT2D eigenvalue weighted by atomic mass is 9.60. The van der Waals surface area contributed by atoms with Crippen molar-refractivity contribution in [3.05, 3.63) is 22.8 Å². The minimum atomic E-state index is -4.12. The van der Waals surface area contributed by atoms with E-state index in [0.717, 1.165) is 56.9 Å². The van der Waals surface area contributed by atoms with Gasteiger partial charge in [0.25, 0.3) is 0 Å². The number of allylic oxidation sites excluding steroid dienone is 1. The molecule has 5 nitrogen and oxygen atoms in total. The van der Waals surface area contributed by atoms with Crippen molar-refractivity contribution in [1.29, 1.82) is 0 Å². The molecular weight excluding hydrogens is 455 g/mol. The molecule has 7 heteroatoms. The van der Waals surface area contributed by atoms with Gasteiger partial charge in [-0.2, -0.15) is 0 Å². The standard InChI is InChI=1S/C27H43FO5S/c1-16(7-5-11-26(2,3)31)20-9-10-21-17(8-6-12-27(20,21)4)13-23-19-14-18(29)15-22(30)24(19)25(28)34(23,32)33/h13,16,18,20-23,25,29-31H,5-12,14-15H2,1-4H3/b17-13+/t16-,18-,20-,21+,22+,23+,25-,27-/m1/s1. The monoisotopic (exact) mass is 498 g/mol. The molecule has 8 atom stereocenters. The quantitative estimate of drug-likeness (QED) is 0.465. The highest BCUT2D eigenvalue weighted by molar-refractivity contribution is 7.93. The van der Waals surface area contributed by atoms with Gasteiger partial charge in [0.05, 0.1) is 17.8 Å². The van der Waals surface area contributed by atoms with Gasteiger partial charge < -0.3 is 15.3 Å². The van der Waals surface area contributed by atoms with Crippen LogP contribution in [-0.4, -0.2) is 52.3 Å². The van der Waals surface area contributed by atoms with Gasteiger partial charge in [-0.05, 0) is 87.5 Å².